The topological polar surface area (TPSA) is 85.6 Å². The molecule has 0 aliphatic heterocycles. The van der Waals surface area contributed by atoms with E-state index in [1.165, 1.54) is 42.0 Å². The summed E-state index contributed by atoms with van der Waals surface area (Å²) in [4.78, 5) is 12.2. The van der Waals surface area contributed by atoms with Gasteiger partial charge in [-0.2, -0.15) is 8.42 Å². The average molecular weight is 445 g/mol. The Morgan fingerprint density at radius 3 is 2.52 bits per heavy atom. The predicted octanol–water partition coefficient (Wildman–Crippen LogP) is 3.66. The van der Waals surface area contributed by atoms with Gasteiger partial charge in [0.25, 0.3) is 15.7 Å². The molecule has 0 aliphatic carbocycles. The molecule has 0 radical (unpaired) electrons. The normalized spacial score (nSPS) is 11.7. The molecule has 0 fully saturated rings. The first-order valence-corrected chi connectivity index (χ1v) is 9.50. The Morgan fingerprint density at radius 2 is 1.88 bits per heavy atom. The molecule has 0 spiro atoms. The van der Waals surface area contributed by atoms with Crippen LogP contribution >= 0.6 is 27.5 Å². The third-order valence-electron chi connectivity index (χ3n) is 3.63. The fourth-order valence-electron chi connectivity index (χ4n) is 2.49. The molecule has 1 heterocycles. The molecule has 0 saturated carbocycles. The van der Waals surface area contributed by atoms with Crippen LogP contribution < -0.4 is 10.3 Å². The Hall–Kier alpha value is -1.87. The first-order chi connectivity index (χ1) is 11.7. The van der Waals surface area contributed by atoms with Crippen LogP contribution in [0.15, 0.2) is 56.6 Å². The maximum atomic E-state index is 12.5. The molecule has 3 aromatic rings. The smallest absolute Gasteiger partial charge is 0.294 e. The first-order valence-electron chi connectivity index (χ1n) is 6.89. The Labute approximate surface area is 156 Å². The van der Waals surface area contributed by atoms with E-state index in [-0.39, 0.29) is 10.5 Å². The highest BCUT2D eigenvalue weighted by molar-refractivity contribution is 9.10. The third-order valence-corrected chi connectivity index (χ3v) is 5.67. The lowest BCUT2D eigenvalue weighted by atomic mass is 10.2. The van der Waals surface area contributed by atoms with Gasteiger partial charge in [-0.05, 0) is 52.3 Å². The van der Waals surface area contributed by atoms with Gasteiger partial charge in [-0.25, -0.2) is 0 Å². The van der Waals surface area contributed by atoms with E-state index in [0.29, 0.717) is 31.8 Å². The number of benzene rings is 2. The highest BCUT2D eigenvalue weighted by Crippen LogP contribution is 2.34. The number of methoxy groups -OCH3 is 1. The zero-order chi connectivity index (χ0) is 18.4. The van der Waals surface area contributed by atoms with E-state index >= 15 is 0 Å². The van der Waals surface area contributed by atoms with Gasteiger partial charge in [0.05, 0.1) is 28.2 Å². The number of pyridine rings is 1. The molecule has 0 unspecified atom stereocenters. The second-order valence-electron chi connectivity index (χ2n) is 5.14. The zero-order valence-corrected chi connectivity index (χ0v) is 15.9. The minimum absolute atomic E-state index is 0.258. The molecule has 6 nitrogen and oxygen atoms in total. The molecule has 0 amide bonds. The van der Waals surface area contributed by atoms with Crippen molar-refractivity contribution in [3.05, 3.63) is 62.3 Å². The van der Waals surface area contributed by atoms with Crippen molar-refractivity contribution >= 4 is 48.6 Å². The number of ether oxygens (including phenoxy) is 1. The van der Waals surface area contributed by atoms with Gasteiger partial charge in [0, 0.05) is 15.9 Å². The van der Waals surface area contributed by atoms with Crippen LogP contribution in [0.4, 0.5) is 0 Å². The Balaban J connectivity index is 2.39. The largest absolute Gasteiger partial charge is 0.495 e. The summed E-state index contributed by atoms with van der Waals surface area (Å²) in [5.41, 5.74) is 0.506. The molecule has 1 aromatic heterocycles. The van der Waals surface area contributed by atoms with Crippen molar-refractivity contribution < 1.29 is 17.7 Å². The van der Waals surface area contributed by atoms with Crippen molar-refractivity contribution in [3.8, 4) is 11.4 Å². The van der Waals surface area contributed by atoms with Gasteiger partial charge in [0.15, 0.2) is 0 Å². The average Bonchev–Trinajstić information content (AvgIpc) is 2.56. The molecule has 2 aromatic carbocycles. The quantitative estimate of drug-likeness (QED) is 0.623. The summed E-state index contributed by atoms with van der Waals surface area (Å²) in [5.74, 6) is 0.407. The van der Waals surface area contributed by atoms with Crippen LogP contribution in [0.1, 0.15) is 0 Å². The molecular weight excluding hydrogens is 434 g/mol. The number of nitrogens with zero attached hydrogens (tertiary/aromatic N) is 1. The van der Waals surface area contributed by atoms with Crippen LogP contribution in [0, 0.1) is 0 Å². The lowest BCUT2D eigenvalue weighted by Gasteiger charge is -2.15. The Morgan fingerprint density at radius 1 is 1.16 bits per heavy atom. The molecule has 0 atom stereocenters. The van der Waals surface area contributed by atoms with Crippen molar-refractivity contribution in [3.63, 3.8) is 0 Å². The second-order valence-corrected chi connectivity index (χ2v) is 7.82. The third kappa shape index (κ3) is 3.30. The number of rotatable bonds is 3. The summed E-state index contributed by atoms with van der Waals surface area (Å²) in [5, 5.41) is 0.838. The predicted molar refractivity (Wildman–Crippen MR) is 98.6 cm³/mol. The SMILES string of the molecule is COc1cc(Br)c(Cl)cc1-n1c(=O)ccc2cc(S(=O)(=O)O)ccc21. The highest BCUT2D eigenvalue weighted by Gasteiger charge is 2.16. The lowest BCUT2D eigenvalue weighted by Crippen LogP contribution is -2.18. The summed E-state index contributed by atoms with van der Waals surface area (Å²) in [6.45, 7) is 0. The maximum Gasteiger partial charge on any atom is 0.294 e. The Kier molecular flexibility index (Phi) is 4.63. The molecule has 0 aliphatic rings. The van der Waals surface area contributed by atoms with E-state index in [4.69, 9.17) is 16.3 Å². The Bertz CT molecular complexity index is 1160. The summed E-state index contributed by atoms with van der Waals surface area (Å²) in [7, 11) is -2.88. The first kappa shape index (κ1) is 17.9. The van der Waals surface area contributed by atoms with Crippen LogP contribution in [0.2, 0.25) is 5.02 Å². The van der Waals surface area contributed by atoms with Crippen molar-refractivity contribution in [2.24, 2.45) is 0 Å². The van der Waals surface area contributed by atoms with Gasteiger partial charge < -0.3 is 4.74 Å². The van der Waals surface area contributed by atoms with Gasteiger partial charge in [-0.3, -0.25) is 13.9 Å². The molecule has 130 valence electrons. The molecule has 0 saturated heterocycles. The fraction of sp³-hybridized carbons (Fsp3) is 0.0625. The van der Waals surface area contributed by atoms with Crippen LogP contribution in [-0.4, -0.2) is 24.6 Å². The van der Waals surface area contributed by atoms with Gasteiger partial charge in [-0.15, -0.1) is 0 Å². The molecule has 1 N–H and O–H groups in total. The number of aromatic nitrogens is 1. The molecule has 9 heteroatoms. The molecule has 25 heavy (non-hydrogen) atoms. The number of hydrogen-bond donors (Lipinski definition) is 1. The molecule has 0 bridgehead atoms. The number of fused-ring (bicyclic) bond motifs is 1. The highest BCUT2D eigenvalue weighted by atomic mass is 79.9. The summed E-state index contributed by atoms with van der Waals surface area (Å²) < 4.78 is 39.2. The van der Waals surface area contributed by atoms with E-state index in [1.807, 2.05) is 0 Å². The standard InChI is InChI=1S/C16H11BrClNO5S/c1-24-15-7-11(17)12(18)8-14(15)19-13-4-3-10(25(21,22)23)6-9(13)2-5-16(19)20/h2-8H,1H3,(H,21,22,23). The van der Waals surface area contributed by atoms with E-state index < -0.39 is 10.1 Å². The van der Waals surface area contributed by atoms with E-state index in [9.17, 15) is 17.8 Å². The minimum Gasteiger partial charge on any atom is -0.495 e. The van der Waals surface area contributed by atoms with Gasteiger partial charge in [0.1, 0.15) is 5.75 Å². The van der Waals surface area contributed by atoms with Crippen molar-refractivity contribution in [2.45, 2.75) is 4.90 Å². The van der Waals surface area contributed by atoms with Crippen LogP contribution in [0.25, 0.3) is 16.6 Å². The van der Waals surface area contributed by atoms with Crippen LogP contribution in [0.5, 0.6) is 5.75 Å². The van der Waals surface area contributed by atoms with Crippen molar-refractivity contribution in [2.75, 3.05) is 7.11 Å². The van der Waals surface area contributed by atoms with E-state index in [2.05, 4.69) is 15.9 Å². The summed E-state index contributed by atoms with van der Waals surface area (Å²) >= 11 is 9.45. The number of hydrogen-bond acceptors (Lipinski definition) is 4. The maximum absolute atomic E-state index is 12.5. The molecular formula is C16H11BrClNO5S. The van der Waals surface area contributed by atoms with Gasteiger partial charge >= 0.3 is 0 Å². The lowest BCUT2D eigenvalue weighted by molar-refractivity contribution is 0.412. The minimum atomic E-state index is -4.35. The number of halogens is 2. The zero-order valence-electron chi connectivity index (χ0n) is 12.7. The second kappa shape index (κ2) is 6.45. The van der Waals surface area contributed by atoms with E-state index in [1.54, 1.807) is 12.1 Å². The summed E-state index contributed by atoms with van der Waals surface area (Å²) in [6, 6.07) is 9.93. The van der Waals surface area contributed by atoms with Gasteiger partial charge in [-0.1, -0.05) is 11.6 Å². The van der Waals surface area contributed by atoms with Crippen LogP contribution in [0.3, 0.4) is 0 Å². The van der Waals surface area contributed by atoms with Crippen molar-refractivity contribution in [1.29, 1.82) is 0 Å². The van der Waals surface area contributed by atoms with E-state index in [0.717, 1.165) is 0 Å². The van der Waals surface area contributed by atoms with Gasteiger partial charge in [0.2, 0.25) is 0 Å². The van der Waals surface area contributed by atoms with Crippen molar-refractivity contribution in [1.82, 2.24) is 4.57 Å². The monoisotopic (exact) mass is 443 g/mol. The summed E-state index contributed by atoms with van der Waals surface area (Å²) in [6.07, 6.45) is 0. The fourth-order valence-corrected chi connectivity index (χ4v) is 3.49. The van der Waals surface area contributed by atoms with Crippen LogP contribution in [-0.2, 0) is 10.1 Å². The molecule has 3 rings (SSSR count).